The molecule has 2 aliphatic rings. The van der Waals surface area contributed by atoms with E-state index in [0.717, 1.165) is 30.6 Å². The number of phenols is 2. The molecule has 0 radical (unpaired) electrons. The highest BCUT2D eigenvalue weighted by Crippen LogP contribution is 2.52. The molecular weight excluding hydrogens is 428 g/mol. The second-order valence-electron chi connectivity index (χ2n) is 9.71. The number of carbonyl (C=O) groups excluding carboxylic acids is 1. The van der Waals surface area contributed by atoms with E-state index in [1.54, 1.807) is 41.3 Å². The van der Waals surface area contributed by atoms with Crippen molar-refractivity contribution in [2.24, 2.45) is 0 Å². The standard InChI is InChI=1S/C28H34N2O4/c1-3-15-30-16-14-27(22-7-5-9-25(32)18-22)19-23(12-13-28(27,34)20-30)29(2)26(33)11-10-21-6-4-8-24(31)17-21/h3-11,17-18,23,31-32,34H,1,12-16,19-20H2,2H3/t23-,27+,28+/m1/s1. The van der Waals surface area contributed by atoms with Crippen LogP contribution in [-0.4, -0.2) is 69.4 Å². The Hall–Kier alpha value is -3.09. The summed E-state index contributed by atoms with van der Waals surface area (Å²) in [4.78, 5) is 17.0. The van der Waals surface area contributed by atoms with Gasteiger partial charge in [0.1, 0.15) is 11.5 Å². The first-order valence-corrected chi connectivity index (χ1v) is 11.9. The molecule has 0 bridgehead atoms. The summed E-state index contributed by atoms with van der Waals surface area (Å²) in [5.74, 6) is 0.225. The highest BCUT2D eigenvalue weighted by molar-refractivity contribution is 5.91. The second-order valence-corrected chi connectivity index (χ2v) is 9.71. The summed E-state index contributed by atoms with van der Waals surface area (Å²) in [7, 11) is 1.81. The van der Waals surface area contributed by atoms with Crippen molar-refractivity contribution in [1.29, 1.82) is 0 Å². The molecule has 2 aromatic rings. The summed E-state index contributed by atoms with van der Waals surface area (Å²) in [6.45, 7) is 5.92. The van der Waals surface area contributed by atoms with Crippen molar-refractivity contribution in [2.75, 3.05) is 26.7 Å². The van der Waals surface area contributed by atoms with E-state index in [1.165, 1.54) is 6.08 Å². The van der Waals surface area contributed by atoms with Gasteiger partial charge in [0.25, 0.3) is 0 Å². The zero-order chi connectivity index (χ0) is 24.3. The molecule has 180 valence electrons. The number of rotatable bonds is 6. The Labute approximate surface area is 201 Å². The third-order valence-electron chi connectivity index (χ3n) is 7.68. The van der Waals surface area contributed by atoms with E-state index in [1.807, 2.05) is 31.3 Å². The number of nitrogens with zero attached hydrogens (tertiary/aromatic N) is 2. The molecule has 0 spiro atoms. The predicted molar refractivity (Wildman–Crippen MR) is 134 cm³/mol. The third kappa shape index (κ3) is 4.61. The smallest absolute Gasteiger partial charge is 0.246 e. The number of phenolic OH excluding ortho intramolecular Hbond substituents is 2. The average molecular weight is 463 g/mol. The number of piperidine rings is 1. The number of aromatic hydroxyl groups is 2. The zero-order valence-corrected chi connectivity index (χ0v) is 19.7. The molecule has 3 N–H and O–H groups in total. The summed E-state index contributed by atoms with van der Waals surface area (Å²) in [6, 6.07) is 13.9. The topological polar surface area (TPSA) is 84.2 Å². The fraction of sp³-hybridized carbons (Fsp3) is 0.393. The average Bonchev–Trinajstić information content (AvgIpc) is 2.82. The highest BCUT2D eigenvalue weighted by Gasteiger charge is 2.58. The number of β-amino-alcohol motifs (C(OH)–C–C–N with tert-alkyl or cyclic N) is 1. The first-order chi connectivity index (χ1) is 16.3. The quantitative estimate of drug-likeness (QED) is 0.451. The van der Waals surface area contributed by atoms with Gasteiger partial charge in [0.15, 0.2) is 0 Å². The second kappa shape index (κ2) is 9.65. The van der Waals surface area contributed by atoms with Gasteiger partial charge in [0.2, 0.25) is 5.91 Å². The van der Waals surface area contributed by atoms with Gasteiger partial charge >= 0.3 is 0 Å². The Morgan fingerprint density at radius 1 is 1.18 bits per heavy atom. The van der Waals surface area contributed by atoms with Crippen LogP contribution in [-0.2, 0) is 10.2 Å². The fourth-order valence-corrected chi connectivity index (χ4v) is 5.80. The van der Waals surface area contributed by atoms with Crippen molar-refractivity contribution in [1.82, 2.24) is 9.80 Å². The summed E-state index contributed by atoms with van der Waals surface area (Å²) in [6.07, 6.45) is 7.72. The molecule has 6 heteroatoms. The predicted octanol–water partition coefficient (Wildman–Crippen LogP) is 3.68. The molecular formula is C28H34N2O4. The maximum absolute atomic E-state index is 13.0. The Kier molecular flexibility index (Phi) is 6.82. The lowest BCUT2D eigenvalue weighted by Gasteiger charge is -2.58. The first kappa shape index (κ1) is 24.0. The molecule has 0 unspecified atom stereocenters. The van der Waals surface area contributed by atoms with Crippen LogP contribution >= 0.6 is 0 Å². The van der Waals surface area contributed by atoms with Crippen molar-refractivity contribution >= 4 is 12.0 Å². The molecule has 4 rings (SSSR count). The number of benzene rings is 2. The van der Waals surface area contributed by atoms with Crippen molar-refractivity contribution in [3.05, 3.63) is 78.4 Å². The Balaban J connectivity index is 1.60. The number of hydrogen-bond donors (Lipinski definition) is 3. The van der Waals surface area contributed by atoms with Crippen molar-refractivity contribution in [2.45, 2.75) is 42.7 Å². The minimum absolute atomic E-state index is 0.0464. The molecule has 2 aromatic carbocycles. The molecule has 1 saturated carbocycles. The van der Waals surface area contributed by atoms with Gasteiger partial charge in [-0.1, -0.05) is 30.3 Å². The maximum atomic E-state index is 13.0. The molecule has 2 fully saturated rings. The van der Waals surface area contributed by atoms with Gasteiger partial charge in [-0.2, -0.15) is 0 Å². The number of hydrogen-bond acceptors (Lipinski definition) is 5. The number of fused-ring (bicyclic) bond motifs is 1. The molecule has 1 aliphatic carbocycles. The van der Waals surface area contributed by atoms with E-state index in [9.17, 15) is 20.1 Å². The molecule has 1 saturated heterocycles. The van der Waals surface area contributed by atoms with Gasteiger partial charge < -0.3 is 20.2 Å². The SMILES string of the molecule is C=CCN1CC[C@@]2(c3cccc(O)c3)C[C@H](N(C)C(=O)C=Cc3cccc(O)c3)CC[C@]2(O)C1. The monoisotopic (exact) mass is 462 g/mol. The summed E-state index contributed by atoms with van der Waals surface area (Å²) in [5.41, 5.74) is 0.162. The normalized spacial score (nSPS) is 27.3. The van der Waals surface area contributed by atoms with Gasteiger partial charge in [-0.15, -0.1) is 6.58 Å². The molecule has 34 heavy (non-hydrogen) atoms. The Bertz CT molecular complexity index is 1080. The number of amides is 1. The minimum Gasteiger partial charge on any atom is -0.508 e. The number of aliphatic hydroxyl groups is 1. The molecule has 1 amide bonds. The zero-order valence-electron chi connectivity index (χ0n) is 19.7. The lowest BCUT2D eigenvalue weighted by Crippen LogP contribution is -2.67. The minimum atomic E-state index is -0.958. The van der Waals surface area contributed by atoms with Crippen LogP contribution in [0.3, 0.4) is 0 Å². The number of carbonyl (C=O) groups is 1. The fourth-order valence-electron chi connectivity index (χ4n) is 5.80. The summed E-state index contributed by atoms with van der Waals surface area (Å²) < 4.78 is 0. The molecule has 1 aliphatic heterocycles. The van der Waals surface area contributed by atoms with E-state index >= 15 is 0 Å². The molecule has 0 aromatic heterocycles. The number of likely N-dealkylation sites (tertiary alicyclic amines) is 1. The van der Waals surface area contributed by atoms with Crippen LogP contribution in [0.4, 0.5) is 0 Å². The lowest BCUT2D eigenvalue weighted by atomic mass is 9.55. The van der Waals surface area contributed by atoms with Crippen molar-refractivity contribution in [3.8, 4) is 11.5 Å². The number of likely N-dealkylation sites (N-methyl/N-ethyl adjacent to an activating group) is 1. The van der Waals surface area contributed by atoms with Gasteiger partial charge in [-0.05, 0) is 73.7 Å². The lowest BCUT2D eigenvalue weighted by molar-refractivity contribution is -0.143. The first-order valence-electron chi connectivity index (χ1n) is 11.9. The molecule has 1 heterocycles. The van der Waals surface area contributed by atoms with Crippen molar-refractivity contribution < 1.29 is 20.1 Å². The largest absolute Gasteiger partial charge is 0.508 e. The summed E-state index contributed by atoms with van der Waals surface area (Å²) >= 11 is 0. The van der Waals surface area contributed by atoms with Crippen LogP contribution in [0.5, 0.6) is 11.5 Å². The van der Waals surface area contributed by atoms with E-state index in [-0.39, 0.29) is 23.4 Å². The Morgan fingerprint density at radius 3 is 2.62 bits per heavy atom. The van der Waals surface area contributed by atoms with Gasteiger partial charge in [0, 0.05) is 37.7 Å². The van der Waals surface area contributed by atoms with Gasteiger partial charge in [0.05, 0.1) is 5.60 Å². The Morgan fingerprint density at radius 2 is 1.91 bits per heavy atom. The van der Waals surface area contributed by atoms with Crippen molar-refractivity contribution in [3.63, 3.8) is 0 Å². The third-order valence-corrected chi connectivity index (χ3v) is 7.68. The van der Waals surface area contributed by atoms with Crippen LogP contribution < -0.4 is 0 Å². The van der Waals surface area contributed by atoms with E-state index < -0.39 is 11.0 Å². The summed E-state index contributed by atoms with van der Waals surface area (Å²) in [5, 5.41) is 31.9. The van der Waals surface area contributed by atoms with E-state index in [4.69, 9.17) is 0 Å². The van der Waals surface area contributed by atoms with Crippen LogP contribution in [0.25, 0.3) is 6.08 Å². The van der Waals surface area contributed by atoms with E-state index in [0.29, 0.717) is 25.8 Å². The molecule has 6 nitrogen and oxygen atoms in total. The van der Waals surface area contributed by atoms with Crippen LogP contribution in [0.15, 0.2) is 67.3 Å². The molecule has 3 atom stereocenters. The van der Waals surface area contributed by atoms with Gasteiger partial charge in [-0.3, -0.25) is 9.69 Å². The van der Waals surface area contributed by atoms with Crippen LogP contribution in [0.1, 0.15) is 36.8 Å². The van der Waals surface area contributed by atoms with E-state index in [2.05, 4.69) is 11.5 Å². The van der Waals surface area contributed by atoms with Crippen LogP contribution in [0, 0.1) is 0 Å². The van der Waals surface area contributed by atoms with Crippen LogP contribution in [0.2, 0.25) is 0 Å². The van der Waals surface area contributed by atoms with Gasteiger partial charge in [-0.25, -0.2) is 0 Å². The highest BCUT2D eigenvalue weighted by atomic mass is 16.3. The maximum Gasteiger partial charge on any atom is 0.246 e.